The molecule has 0 saturated carbocycles. The van der Waals surface area contributed by atoms with E-state index >= 15 is 0 Å². The molecule has 0 atom stereocenters. The predicted octanol–water partition coefficient (Wildman–Crippen LogP) is 13.9. The molecule has 0 aliphatic rings. The van der Waals surface area contributed by atoms with Crippen LogP contribution in [0.15, 0.2) is 158 Å². The van der Waals surface area contributed by atoms with Crippen LogP contribution in [0.4, 0.5) is 22.7 Å². The average Bonchev–Trinajstić information content (AvgIpc) is 3.80. The lowest BCUT2D eigenvalue weighted by Crippen LogP contribution is -1.98. The molecule has 3 aromatic heterocycles. The van der Waals surface area contributed by atoms with Crippen molar-refractivity contribution in [2.75, 3.05) is 0 Å². The van der Waals surface area contributed by atoms with E-state index in [1.807, 2.05) is 41.0 Å². The molecular weight excluding hydrogens is 713 g/mol. The lowest BCUT2D eigenvalue weighted by Gasteiger charge is -2.16. The van der Waals surface area contributed by atoms with Crippen LogP contribution in [0.25, 0.3) is 108 Å². The third-order valence-corrected chi connectivity index (χ3v) is 10.6. The van der Waals surface area contributed by atoms with Crippen molar-refractivity contribution >= 4 is 66.4 Å². The Morgan fingerprint density at radius 1 is 0.379 bits per heavy atom. The van der Waals surface area contributed by atoms with Crippen molar-refractivity contribution in [3.05, 3.63) is 203 Å². The Morgan fingerprint density at radius 2 is 0.845 bits per heavy atom. The number of nitrogens with zero attached hydrogens (tertiary/aromatic N) is 8. The number of fused-ring (bicyclic) bond motifs is 6. The van der Waals surface area contributed by atoms with Gasteiger partial charge in [-0.25, -0.2) is 29.3 Å². The molecule has 0 saturated heterocycles. The molecule has 0 fully saturated rings. The van der Waals surface area contributed by atoms with Gasteiger partial charge in [0.05, 0.1) is 65.4 Å². The fourth-order valence-electron chi connectivity index (χ4n) is 8.09. The summed E-state index contributed by atoms with van der Waals surface area (Å²) in [5.74, 6) is 0.304. The highest BCUT2D eigenvalue weighted by atomic mass is 15.0. The summed E-state index contributed by atoms with van der Waals surface area (Å²) >= 11 is 0. The standard InChI is InChI=1S/C50H26N8/c1-51-39-20-10-5-18-36(39)42-30-41(55-50(56-42)37-19-6-11-21-40(37)52-2)31-27-43(53-3)49(44(28-31)54-4)58-47-24-14-9-17-35(47)38-29-32(25-26-48(38)58)57-45-22-12-7-15-33(45)34-16-8-13-23-46(34)57/h5-30H. The minimum absolute atomic E-state index is 0.280. The SMILES string of the molecule is [C-]#[N+]c1ccccc1-c1cc(-c2cc([N+]#[C-])c(-n3c4ccccc4c4cc(-n5c6ccccc6c6ccccc65)ccc43)c([N+]#[C-])c2)nc(-c2ccccc2[N+]#[C-])n1. The Morgan fingerprint density at radius 3 is 1.45 bits per heavy atom. The minimum Gasteiger partial charge on any atom is -0.329 e. The van der Waals surface area contributed by atoms with Crippen LogP contribution in [-0.4, -0.2) is 19.1 Å². The zero-order valence-corrected chi connectivity index (χ0v) is 30.6. The van der Waals surface area contributed by atoms with Crippen molar-refractivity contribution < 1.29 is 0 Å². The quantitative estimate of drug-likeness (QED) is 0.165. The predicted molar refractivity (Wildman–Crippen MR) is 232 cm³/mol. The number of rotatable bonds is 5. The summed E-state index contributed by atoms with van der Waals surface area (Å²) in [6.07, 6.45) is 0. The van der Waals surface area contributed by atoms with E-state index < -0.39 is 0 Å². The highest BCUT2D eigenvalue weighted by molar-refractivity contribution is 6.13. The van der Waals surface area contributed by atoms with Gasteiger partial charge in [0.25, 0.3) is 0 Å². The third-order valence-electron chi connectivity index (χ3n) is 10.6. The summed E-state index contributed by atoms with van der Waals surface area (Å²) in [6.45, 7) is 32.6. The third kappa shape index (κ3) is 5.19. The molecule has 0 radical (unpaired) electrons. The summed E-state index contributed by atoms with van der Waals surface area (Å²) in [6, 6.07) is 51.0. The Balaban J connectivity index is 1.20. The molecule has 0 amide bonds. The zero-order chi connectivity index (χ0) is 39.3. The average molecular weight is 739 g/mol. The number of hydrogen-bond acceptors (Lipinski definition) is 2. The van der Waals surface area contributed by atoms with Gasteiger partial charge in [0.1, 0.15) is 5.82 Å². The van der Waals surface area contributed by atoms with Gasteiger partial charge >= 0.3 is 0 Å². The van der Waals surface area contributed by atoms with Gasteiger partial charge < -0.3 is 9.13 Å². The summed E-state index contributed by atoms with van der Waals surface area (Å²) in [5.41, 5.74) is 9.46. The van der Waals surface area contributed by atoms with Gasteiger partial charge in [0.15, 0.2) is 11.4 Å². The van der Waals surface area contributed by atoms with Crippen LogP contribution in [0, 0.1) is 26.3 Å². The molecule has 0 unspecified atom stereocenters. The summed E-state index contributed by atoms with van der Waals surface area (Å²) in [4.78, 5) is 25.3. The lowest BCUT2D eigenvalue weighted by atomic mass is 10.0. The van der Waals surface area contributed by atoms with E-state index in [9.17, 15) is 0 Å². The summed E-state index contributed by atoms with van der Waals surface area (Å²) in [5, 5.41) is 4.35. The van der Waals surface area contributed by atoms with Crippen LogP contribution in [0.2, 0.25) is 0 Å². The molecule has 0 aliphatic carbocycles. The minimum atomic E-state index is 0.280. The van der Waals surface area contributed by atoms with E-state index in [4.69, 9.17) is 36.3 Å². The van der Waals surface area contributed by atoms with Gasteiger partial charge in [-0.3, -0.25) is 0 Å². The van der Waals surface area contributed by atoms with Crippen LogP contribution >= 0.6 is 0 Å². The Kier molecular flexibility index (Phi) is 7.84. The van der Waals surface area contributed by atoms with Gasteiger partial charge in [0, 0.05) is 38.4 Å². The molecule has 3 heterocycles. The van der Waals surface area contributed by atoms with E-state index in [1.54, 1.807) is 48.5 Å². The van der Waals surface area contributed by atoms with Gasteiger partial charge in [-0.2, -0.15) is 0 Å². The smallest absolute Gasteiger partial charge is 0.200 e. The first kappa shape index (κ1) is 33.7. The fraction of sp³-hybridized carbons (Fsp3) is 0. The molecule has 0 spiro atoms. The topological polar surface area (TPSA) is 53.1 Å². The van der Waals surface area contributed by atoms with E-state index in [2.05, 4.69) is 96.7 Å². The van der Waals surface area contributed by atoms with Crippen molar-refractivity contribution in [3.8, 4) is 45.3 Å². The maximum Gasteiger partial charge on any atom is 0.200 e. The first-order valence-electron chi connectivity index (χ1n) is 18.4. The second-order valence-corrected chi connectivity index (χ2v) is 13.7. The highest BCUT2D eigenvalue weighted by Crippen LogP contribution is 2.45. The lowest BCUT2D eigenvalue weighted by molar-refractivity contribution is 1.17. The number of benzene rings is 7. The van der Waals surface area contributed by atoms with E-state index in [0.717, 1.165) is 38.5 Å². The van der Waals surface area contributed by atoms with Gasteiger partial charge in [-0.15, -0.1) is 0 Å². The van der Waals surface area contributed by atoms with Crippen molar-refractivity contribution in [3.63, 3.8) is 0 Å². The highest BCUT2D eigenvalue weighted by Gasteiger charge is 2.22. The Labute approximate surface area is 333 Å². The van der Waals surface area contributed by atoms with E-state index in [-0.39, 0.29) is 11.4 Å². The zero-order valence-electron chi connectivity index (χ0n) is 30.6. The number of hydrogen-bond donors (Lipinski definition) is 0. The largest absolute Gasteiger partial charge is 0.329 e. The molecule has 8 heteroatoms. The maximum atomic E-state index is 8.48. The van der Waals surface area contributed by atoms with Crippen molar-refractivity contribution in [1.82, 2.24) is 19.1 Å². The first-order chi connectivity index (χ1) is 28.6. The van der Waals surface area contributed by atoms with Crippen LogP contribution < -0.4 is 0 Å². The van der Waals surface area contributed by atoms with Gasteiger partial charge in [-0.1, -0.05) is 103 Å². The van der Waals surface area contributed by atoms with Crippen LogP contribution in [0.1, 0.15) is 0 Å². The molecule has 0 bridgehead atoms. The molecule has 58 heavy (non-hydrogen) atoms. The monoisotopic (exact) mass is 738 g/mol. The van der Waals surface area contributed by atoms with Crippen molar-refractivity contribution in [1.29, 1.82) is 0 Å². The van der Waals surface area contributed by atoms with Gasteiger partial charge in [0.2, 0.25) is 11.4 Å². The van der Waals surface area contributed by atoms with Crippen LogP contribution in [0.5, 0.6) is 0 Å². The molecule has 0 N–H and O–H groups in total. The first-order valence-corrected chi connectivity index (χ1v) is 18.4. The fourth-order valence-corrected chi connectivity index (χ4v) is 8.09. The molecule has 8 nitrogen and oxygen atoms in total. The molecule has 7 aromatic carbocycles. The molecule has 10 aromatic rings. The molecule has 10 rings (SSSR count). The van der Waals surface area contributed by atoms with E-state index in [1.165, 1.54) is 10.8 Å². The van der Waals surface area contributed by atoms with Crippen molar-refractivity contribution in [2.45, 2.75) is 0 Å². The van der Waals surface area contributed by atoms with Crippen LogP contribution in [0.3, 0.4) is 0 Å². The second-order valence-electron chi connectivity index (χ2n) is 13.7. The number of para-hydroxylation sites is 5. The van der Waals surface area contributed by atoms with Crippen LogP contribution in [-0.2, 0) is 0 Å². The summed E-state index contributed by atoms with van der Waals surface area (Å²) in [7, 11) is 0. The Hall–Kier alpha value is -8.82. The summed E-state index contributed by atoms with van der Waals surface area (Å²) < 4.78 is 4.32. The molecule has 266 valence electrons. The van der Waals surface area contributed by atoms with Crippen molar-refractivity contribution in [2.24, 2.45) is 0 Å². The molecular formula is C50H26N8. The number of aromatic nitrogens is 4. The molecule has 0 aliphatic heterocycles. The maximum absolute atomic E-state index is 8.48. The second kappa shape index (κ2) is 13.5. The van der Waals surface area contributed by atoms with E-state index in [0.29, 0.717) is 51.0 Å². The normalized spacial score (nSPS) is 11.0. The Bertz CT molecular complexity index is 3360. The van der Waals surface area contributed by atoms with Gasteiger partial charge in [-0.05, 0) is 60.2 Å².